The molecule has 1 aliphatic heterocycles. The highest BCUT2D eigenvalue weighted by Crippen LogP contribution is 2.17. The lowest BCUT2D eigenvalue weighted by Gasteiger charge is -2.15. The number of hydrogen-bond acceptors (Lipinski definition) is 3. The lowest BCUT2D eigenvalue weighted by molar-refractivity contribution is -0.125. The van der Waals surface area contributed by atoms with Gasteiger partial charge in [-0.05, 0) is 26.3 Å². The van der Waals surface area contributed by atoms with E-state index in [-0.39, 0.29) is 12.0 Å². The first kappa shape index (κ1) is 13.6. The summed E-state index contributed by atoms with van der Waals surface area (Å²) in [7, 11) is 0. The molecule has 0 saturated carbocycles. The van der Waals surface area contributed by atoms with E-state index in [1.54, 1.807) is 12.3 Å². The summed E-state index contributed by atoms with van der Waals surface area (Å²) in [4.78, 5) is 17.9. The van der Waals surface area contributed by atoms with Crippen LogP contribution in [0.1, 0.15) is 25.8 Å². The standard InChI is InChI=1S/C15H20N2O2/c1-11(2)8-15(18)17-7-6-13(10-17)19-14-5-4-12(3)9-16-14/h4-5,8-9,13H,6-7,10H2,1-3H3. The molecule has 0 bridgehead atoms. The Morgan fingerprint density at radius 3 is 2.89 bits per heavy atom. The SMILES string of the molecule is CC(C)=CC(=O)N1CCC(Oc2ccc(C)cn2)C1. The minimum absolute atomic E-state index is 0.0460. The van der Waals surface area contributed by atoms with Crippen molar-refractivity contribution in [3.63, 3.8) is 0 Å². The number of nitrogens with zero attached hydrogens (tertiary/aromatic N) is 2. The molecule has 1 atom stereocenters. The molecule has 2 heterocycles. The summed E-state index contributed by atoms with van der Waals surface area (Å²) in [6.45, 7) is 7.24. The normalized spacial score (nSPS) is 18.3. The van der Waals surface area contributed by atoms with Crippen LogP contribution >= 0.6 is 0 Å². The monoisotopic (exact) mass is 260 g/mol. The fraction of sp³-hybridized carbons (Fsp3) is 0.467. The summed E-state index contributed by atoms with van der Waals surface area (Å²) in [5, 5.41) is 0. The van der Waals surface area contributed by atoms with Gasteiger partial charge in [-0.25, -0.2) is 4.98 Å². The topological polar surface area (TPSA) is 42.4 Å². The van der Waals surface area contributed by atoms with Gasteiger partial charge in [-0.2, -0.15) is 0 Å². The molecule has 0 spiro atoms. The molecule has 1 amide bonds. The number of carbonyl (C=O) groups is 1. The van der Waals surface area contributed by atoms with Gasteiger partial charge in [0, 0.05) is 31.3 Å². The summed E-state index contributed by atoms with van der Waals surface area (Å²) >= 11 is 0. The van der Waals surface area contributed by atoms with Crippen molar-refractivity contribution < 1.29 is 9.53 Å². The fourth-order valence-electron chi connectivity index (χ4n) is 2.06. The average Bonchev–Trinajstić information content (AvgIpc) is 2.80. The molecular weight excluding hydrogens is 240 g/mol. The van der Waals surface area contributed by atoms with Crippen LogP contribution in [0.15, 0.2) is 30.0 Å². The van der Waals surface area contributed by atoms with Gasteiger partial charge in [-0.15, -0.1) is 0 Å². The van der Waals surface area contributed by atoms with Crippen LogP contribution in [0.2, 0.25) is 0 Å². The molecule has 0 aliphatic carbocycles. The van der Waals surface area contributed by atoms with E-state index >= 15 is 0 Å². The molecule has 0 radical (unpaired) electrons. The van der Waals surface area contributed by atoms with Gasteiger partial charge < -0.3 is 9.64 Å². The van der Waals surface area contributed by atoms with Crippen molar-refractivity contribution in [3.05, 3.63) is 35.5 Å². The van der Waals surface area contributed by atoms with Gasteiger partial charge in [0.15, 0.2) is 0 Å². The van der Waals surface area contributed by atoms with E-state index < -0.39 is 0 Å². The summed E-state index contributed by atoms with van der Waals surface area (Å²) in [5.41, 5.74) is 2.13. The molecule has 1 unspecified atom stereocenters. The van der Waals surface area contributed by atoms with Crippen molar-refractivity contribution >= 4 is 5.91 Å². The number of rotatable bonds is 3. The molecule has 2 rings (SSSR count). The van der Waals surface area contributed by atoms with Crippen LogP contribution in [-0.4, -0.2) is 35.0 Å². The summed E-state index contributed by atoms with van der Waals surface area (Å²) in [6, 6.07) is 3.85. The zero-order valence-corrected chi connectivity index (χ0v) is 11.7. The number of hydrogen-bond donors (Lipinski definition) is 0. The van der Waals surface area contributed by atoms with Crippen LogP contribution in [0.4, 0.5) is 0 Å². The van der Waals surface area contributed by atoms with Crippen LogP contribution in [0.3, 0.4) is 0 Å². The highest BCUT2D eigenvalue weighted by atomic mass is 16.5. The molecule has 1 aliphatic rings. The molecule has 0 aromatic carbocycles. The molecule has 19 heavy (non-hydrogen) atoms. The summed E-state index contributed by atoms with van der Waals surface area (Å²) < 4.78 is 5.79. The molecule has 102 valence electrons. The van der Waals surface area contributed by atoms with E-state index in [1.165, 1.54) is 0 Å². The van der Waals surface area contributed by atoms with Crippen molar-refractivity contribution in [2.45, 2.75) is 33.3 Å². The van der Waals surface area contributed by atoms with E-state index in [9.17, 15) is 4.79 Å². The van der Waals surface area contributed by atoms with E-state index in [4.69, 9.17) is 4.74 Å². The molecule has 1 aromatic heterocycles. The van der Waals surface area contributed by atoms with Gasteiger partial charge in [0.25, 0.3) is 0 Å². The maximum atomic E-state index is 11.9. The van der Waals surface area contributed by atoms with Crippen LogP contribution in [0, 0.1) is 6.92 Å². The number of aromatic nitrogens is 1. The smallest absolute Gasteiger partial charge is 0.246 e. The molecular formula is C15H20N2O2. The number of carbonyl (C=O) groups excluding carboxylic acids is 1. The van der Waals surface area contributed by atoms with Gasteiger partial charge in [0.2, 0.25) is 11.8 Å². The van der Waals surface area contributed by atoms with Crippen molar-refractivity contribution in [2.75, 3.05) is 13.1 Å². The zero-order chi connectivity index (χ0) is 13.8. The predicted octanol–water partition coefficient (Wildman–Crippen LogP) is 2.34. The number of likely N-dealkylation sites (tertiary alicyclic amines) is 1. The Morgan fingerprint density at radius 2 is 2.26 bits per heavy atom. The lowest BCUT2D eigenvalue weighted by atomic mass is 10.3. The third-order valence-electron chi connectivity index (χ3n) is 3.04. The molecule has 4 heteroatoms. The Hall–Kier alpha value is -1.84. The maximum absolute atomic E-state index is 11.9. The van der Waals surface area contributed by atoms with Gasteiger partial charge in [-0.1, -0.05) is 11.6 Å². The van der Waals surface area contributed by atoms with Gasteiger partial charge >= 0.3 is 0 Å². The molecule has 0 N–H and O–H groups in total. The third kappa shape index (κ3) is 3.81. The van der Waals surface area contributed by atoms with Crippen LogP contribution in [-0.2, 0) is 4.79 Å². The second-order valence-corrected chi connectivity index (χ2v) is 5.21. The Labute approximate surface area is 114 Å². The van der Waals surface area contributed by atoms with Crippen LogP contribution in [0.25, 0.3) is 0 Å². The maximum Gasteiger partial charge on any atom is 0.246 e. The number of amides is 1. The van der Waals surface area contributed by atoms with Crippen molar-refractivity contribution in [3.8, 4) is 5.88 Å². The second kappa shape index (κ2) is 5.87. The predicted molar refractivity (Wildman–Crippen MR) is 74.0 cm³/mol. The quantitative estimate of drug-likeness (QED) is 0.783. The molecule has 1 aromatic rings. The second-order valence-electron chi connectivity index (χ2n) is 5.21. The summed E-state index contributed by atoms with van der Waals surface area (Å²) in [5.74, 6) is 0.704. The largest absolute Gasteiger partial charge is 0.472 e. The minimum atomic E-state index is 0.0460. The first-order valence-corrected chi connectivity index (χ1v) is 6.58. The minimum Gasteiger partial charge on any atom is -0.472 e. The molecule has 1 saturated heterocycles. The van der Waals surface area contributed by atoms with Crippen LogP contribution < -0.4 is 4.74 Å². The van der Waals surface area contributed by atoms with E-state index in [1.807, 2.05) is 37.8 Å². The van der Waals surface area contributed by atoms with E-state index in [2.05, 4.69) is 4.98 Å². The number of aryl methyl sites for hydroxylation is 1. The zero-order valence-electron chi connectivity index (χ0n) is 11.7. The fourth-order valence-corrected chi connectivity index (χ4v) is 2.06. The highest BCUT2D eigenvalue weighted by Gasteiger charge is 2.26. The first-order chi connectivity index (χ1) is 9.04. The molecule has 4 nitrogen and oxygen atoms in total. The van der Waals surface area contributed by atoms with Crippen LogP contribution in [0.5, 0.6) is 5.88 Å². The third-order valence-corrected chi connectivity index (χ3v) is 3.04. The number of allylic oxidation sites excluding steroid dienone is 1. The lowest BCUT2D eigenvalue weighted by Crippen LogP contribution is -2.29. The van der Waals surface area contributed by atoms with Crippen molar-refractivity contribution in [1.82, 2.24) is 9.88 Å². The Balaban J connectivity index is 1.90. The number of ether oxygens (including phenoxy) is 1. The van der Waals surface area contributed by atoms with Gasteiger partial charge in [0.05, 0.1) is 6.54 Å². The Bertz CT molecular complexity index is 475. The highest BCUT2D eigenvalue weighted by molar-refractivity contribution is 5.88. The van der Waals surface area contributed by atoms with E-state index in [0.29, 0.717) is 12.4 Å². The van der Waals surface area contributed by atoms with E-state index in [0.717, 1.165) is 24.1 Å². The first-order valence-electron chi connectivity index (χ1n) is 6.58. The summed E-state index contributed by atoms with van der Waals surface area (Å²) in [6.07, 6.45) is 4.37. The van der Waals surface area contributed by atoms with Crippen molar-refractivity contribution in [1.29, 1.82) is 0 Å². The van der Waals surface area contributed by atoms with Gasteiger partial charge in [-0.3, -0.25) is 4.79 Å². The van der Waals surface area contributed by atoms with Crippen molar-refractivity contribution in [2.24, 2.45) is 0 Å². The average molecular weight is 260 g/mol. The Kier molecular flexibility index (Phi) is 4.20. The number of pyridine rings is 1. The Morgan fingerprint density at radius 1 is 1.47 bits per heavy atom. The van der Waals surface area contributed by atoms with Gasteiger partial charge in [0.1, 0.15) is 6.10 Å². The molecule has 1 fully saturated rings.